The van der Waals surface area contributed by atoms with Crippen molar-refractivity contribution in [2.24, 2.45) is 0 Å². The Morgan fingerprint density at radius 2 is 1.85 bits per heavy atom. The van der Waals surface area contributed by atoms with E-state index >= 15 is 0 Å². The third kappa shape index (κ3) is 4.26. The fraction of sp³-hybridized carbons (Fsp3) is 0.360. The van der Waals surface area contributed by atoms with Crippen LogP contribution in [-0.2, 0) is 6.54 Å². The lowest BCUT2D eigenvalue weighted by Gasteiger charge is -2.34. The van der Waals surface area contributed by atoms with Gasteiger partial charge in [-0.05, 0) is 26.8 Å². The minimum atomic E-state index is 0.0260. The van der Waals surface area contributed by atoms with Gasteiger partial charge in [0.15, 0.2) is 11.4 Å². The van der Waals surface area contributed by atoms with Gasteiger partial charge in [0.2, 0.25) is 0 Å². The third-order valence-electron chi connectivity index (χ3n) is 6.07. The Kier molecular flexibility index (Phi) is 5.68. The molecule has 3 aromatic heterocycles. The van der Waals surface area contributed by atoms with E-state index in [1.807, 2.05) is 59.0 Å². The molecule has 8 heteroatoms. The SMILES string of the molecule is Cc1cc(CN2CCN(C(=O)c3cc(-c4ccccc4)nc4c3cnn4C(C)C)CC2)on1. The number of amides is 1. The Balaban J connectivity index is 1.42. The predicted molar refractivity (Wildman–Crippen MR) is 126 cm³/mol. The molecule has 0 spiro atoms. The number of rotatable bonds is 5. The molecule has 0 radical (unpaired) electrons. The van der Waals surface area contributed by atoms with Gasteiger partial charge >= 0.3 is 0 Å². The van der Waals surface area contributed by atoms with Crippen LogP contribution in [0.15, 0.2) is 53.2 Å². The first-order chi connectivity index (χ1) is 16.0. The number of pyridine rings is 1. The second kappa shape index (κ2) is 8.78. The maximum Gasteiger partial charge on any atom is 0.254 e. The molecule has 0 N–H and O–H groups in total. The van der Waals surface area contributed by atoms with Crippen molar-refractivity contribution in [3.63, 3.8) is 0 Å². The van der Waals surface area contributed by atoms with Crippen LogP contribution in [0, 0.1) is 6.92 Å². The second-order valence-electron chi connectivity index (χ2n) is 8.84. The van der Waals surface area contributed by atoms with Crippen molar-refractivity contribution in [3.05, 3.63) is 65.7 Å². The number of carbonyl (C=O) groups excluding carboxylic acids is 1. The van der Waals surface area contributed by atoms with Crippen molar-refractivity contribution in [2.45, 2.75) is 33.4 Å². The highest BCUT2D eigenvalue weighted by molar-refractivity contribution is 6.06. The lowest BCUT2D eigenvalue weighted by molar-refractivity contribution is 0.0619. The molecule has 170 valence electrons. The average molecular weight is 445 g/mol. The van der Waals surface area contributed by atoms with Crippen LogP contribution in [0.4, 0.5) is 0 Å². The lowest BCUT2D eigenvalue weighted by Crippen LogP contribution is -2.48. The van der Waals surface area contributed by atoms with Crippen LogP contribution in [0.5, 0.6) is 0 Å². The largest absolute Gasteiger partial charge is 0.360 e. The second-order valence-corrected chi connectivity index (χ2v) is 8.84. The summed E-state index contributed by atoms with van der Waals surface area (Å²) in [5.41, 5.74) is 4.06. The fourth-order valence-corrected chi connectivity index (χ4v) is 4.32. The monoisotopic (exact) mass is 444 g/mol. The first-order valence-corrected chi connectivity index (χ1v) is 11.4. The van der Waals surface area contributed by atoms with E-state index in [0.29, 0.717) is 25.2 Å². The van der Waals surface area contributed by atoms with Crippen molar-refractivity contribution in [1.82, 2.24) is 29.7 Å². The molecule has 0 saturated carbocycles. The molecule has 33 heavy (non-hydrogen) atoms. The van der Waals surface area contributed by atoms with Gasteiger partial charge in [0.05, 0.1) is 35.1 Å². The van der Waals surface area contributed by atoms with Gasteiger partial charge in [-0.25, -0.2) is 9.67 Å². The fourth-order valence-electron chi connectivity index (χ4n) is 4.32. The minimum Gasteiger partial charge on any atom is -0.360 e. The molecule has 1 aromatic carbocycles. The summed E-state index contributed by atoms with van der Waals surface area (Å²) in [5, 5.41) is 9.30. The molecule has 4 aromatic rings. The number of benzene rings is 1. The number of hydrogen-bond donors (Lipinski definition) is 0. The van der Waals surface area contributed by atoms with Gasteiger partial charge in [-0.2, -0.15) is 5.10 Å². The molecule has 0 bridgehead atoms. The summed E-state index contributed by atoms with van der Waals surface area (Å²) in [4.78, 5) is 22.8. The van der Waals surface area contributed by atoms with Gasteiger partial charge in [-0.3, -0.25) is 9.69 Å². The van der Waals surface area contributed by atoms with Crippen molar-refractivity contribution < 1.29 is 9.32 Å². The number of piperazine rings is 1. The maximum absolute atomic E-state index is 13.7. The summed E-state index contributed by atoms with van der Waals surface area (Å²) in [6.45, 7) is 9.67. The molecule has 1 amide bonds. The Morgan fingerprint density at radius 3 is 2.52 bits per heavy atom. The molecule has 1 saturated heterocycles. The van der Waals surface area contributed by atoms with E-state index in [1.54, 1.807) is 6.20 Å². The summed E-state index contributed by atoms with van der Waals surface area (Å²) in [7, 11) is 0. The zero-order valence-electron chi connectivity index (χ0n) is 19.2. The van der Waals surface area contributed by atoms with Crippen molar-refractivity contribution in [3.8, 4) is 11.3 Å². The van der Waals surface area contributed by atoms with Gasteiger partial charge in [-0.15, -0.1) is 0 Å². The maximum atomic E-state index is 13.7. The summed E-state index contributed by atoms with van der Waals surface area (Å²) in [6, 6.07) is 14.0. The van der Waals surface area contributed by atoms with E-state index < -0.39 is 0 Å². The molecule has 8 nitrogen and oxygen atoms in total. The third-order valence-corrected chi connectivity index (χ3v) is 6.07. The highest BCUT2D eigenvalue weighted by atomic mass is 16.5. The van der Waals surface area contributed by atoms with Crippen LogP contribution in [0.25, 0.3) is 22.3 Å². The number of hydrogen-bond acceptors (Lipinski definition) is 6. The zero-order valence-corrected chi connectivity index (χ0v) is 19.2. The molecule has 0 aliphatic carbocycles. The van der Waals surface area contributed by atoms with Crippen LogP contribution in [0.2, 0.25) is 0 Å². The summed E-state index contributed by atoms with van der Waals surface area (Å²) < 4.78 is 7.23. The van der Waals surface area contributed by atoms with Crippen LogP contribution >= 0.6 is 0 Å². The standard InChI is InChI=1S/C25H28N6O2/c1-17(2)31-24-22(15-26-31)21(14-23(27-24)19-7-5-4-6-8-19)25(32)30-11-9-29(10-12-30)16-20-13-18(3)28-33-20/h4-8,13-15,17H,9-12,16H2,1-3H3. The first-order valence-electron chi connectivity index (χ1n) is 11.4. The van der Waals surface area contributed by atoms with E-state index in [-0.39, 0.29) is 11.9 Å². The average Bonchev–Trinajstić information content (AvgIpc) is 3.45. The normalized spacial score (nSPS) is 15.0. The Bertz CT molecular complexity index is 1270. The van der Waals surface area contributed by atoms with Gasteiger partial charge < -0.3 is 9.42 Å². The van der Waals surface area contributed by atoms with Gasteiger partial charge in [0, 0.05) is 43.9 Å². The van der Waals surface area contributed by atoms with E-state index in [2.05, 4.69) is 29.0 Å². The first kappa shape index (κ1) is 21.3. The number of carbonyl (C=O) groups is 1. The molecule has 0 atom stereocenters. The lowest BCUT2D eigenvalue weighted by atomic mass is 10.1. The smallest absolute Gasteiger partial charge is 0.254 e. The Labute approximate surface area is 192 Å². The van der Waals surface area contributed by atoms with E-state index in [4.69, 9.17) is 9.51 Å². The van der Waals surface area contributed by atoms with Crippen molar-refractivity contribution in [2.75, 3.05) is 26.2 Å². The van der Waals surface area contributed by atoms with E-state index in [0.717, 1.165) is 46.8 Å². The summed E-state index contributed by atoms with van der Waals surface area (Å²) >= 11 is 0. The zero-order chi connectivity index (χ0) is 22.9. The quantitative estimate of drug-likeness (QED) is 0.464. The Hall–Kier alpha value is -3.52. The number of aryl methyl sites for hydroxylation is 1. The molecule has 0 unspecified atom stereocenters. The molecule has 1 aliphatic heterocycles. The van der Waals surface area contributed by atoms with Crippen LogP contribution in [-0.4, -0.2) is 61.8 Å². The molecule has 1 fully saturated rings. The van der Waals surface area contributed by atoms with Gasteiger partial charge in [0.25, 0.3) is 5.91 Å². The Morgan fingerprint density at radius 1 is 1.09 bits per heavy atom. The molecule has 5 rings (SSSR count). The predicted octanol–water partition coefficient (Wildman–Crippen LogP) is 3.93. The molecule has 4 heterocycles. The summed E-state index contributed by atoms with van der Waals surface area (Å²) in [6.07, 6.45) is 1.77. The molecule has 1 aliphatic rings. The molecular weight excluding hydrogens is 416 g/mol. The van der Waals surface area contributed by atoms with Crippen LogP contribution in [0.1, 0.15) is 41.7 Å². The molecular formula is C25H28N6O2. The van der Waals surface area contributed by atoms with Crippen molar-refractivity contribution in [1.29, 1.82) is 0 Å². The van der Waals surface area contributed by atoms with Crippen LogP contribution < -0.4 is 0 Å². The summed E-state index contributed by atoms with van der Waals surface area (Å²) in [5.74, 6) is 0.884. The van der Waals surface area contributed by atoms with Gasteiger partial charge in [-0.1, -0.05) is 35.5 Å². The number of aromatic nitrogens is 4. The highest BCUT2D eigenvalue weighted by Gasteiger charge is 2.26. The van der Waals surface area contributed by atoms with Crippen LogP contribution in [0.3, 0.4) is 0 Å². The van der Waals surface area contributed by atoms with Crippen molar-refractivity contribution >= 4 is 16.9 Å². The topological polar surface area (TPSA) is 80.3 Å². The number of nitrogens with zero attached hydrogens (tertiary/aromatic N) is 6. The van der Waals surface area contributed by atoms with Gasteiger partial charge in [0.1, 0.15) is 0 Å². The number of fused-ring (bicyclic) bond motifs is 1. The van der Waals surface area contributed by atoms with E-state index in [1.165, 1.54) is 0 Å². The van der Waals surface area contributed by atoms with E-state index in [9.17, 15) is 4.79 Å². The highest BCUT2D eigenvalue weighted by Crippen LogP contribution is 2.27. The minimum absolute atomic E-state index is 0.0260.